The van der Waals surface area contributed by atoms with Gasteiger partial charge in [-0.1, -0.05) is 6.07 Å². The summed E-state index contributed by atoms with van der Waals surface area (Å²) in [7, 11) is 0. The molecule has 19 heavy (non-hydrogen) atoms. The summed E-state index contributed by atoms with van der Waals surface area (Å²) in [6.07, 6.45) is 0. The predicted molar refractivity (Wildman–Crippen MR) is 73.2 cm³/mol. The molecule has 1 aromatic heterocycles. The first-order valence-corrected chi connectivity index (χ1v) is 6.52. The molecule has 2 aromatic rings. The minimum absolute atomic E-state index is 0.0691. The van der Waals surface area contributed by atoms with Crippen molar-refractivity contribution >= 4 is 10.9 Å². The van der Waals surface area contributed by atoms with Gasteiger partial charge in [0.25, 0.3) is 5.56 Å². The number of aromatic amines is 1. The summed E-state index contributed by atoms with van der Waals surface area (Å²) >= 11 is 0. The Balaban J connectivity index is 1.90. The number of aryl methyl sites for hydroxylation is 1. The van der Waals surface area contributed by atoms with Crippen LogP contribution in [-0.2, 0) is 11.3 Å². The van der Waals surface area contributed by atoms with Crippen molar-refractivity contribution in [2.24, 2.45) is 0 Å². The minimum Gasteiger partial charge on any atom is -0.379 e. The Morgan fingerprint density at radius 1 is 1.37 bits per heavy atom. The van der Waals surface area contributed by atoms with Crippen molar-refractivity contribution in [3.8, 4) is 0 Å². The third-order valence-electron chi connectivity index (χ3n) is 3.40. The average molecular weight is 259 g/mol. The van der Waals surface area contributed by atoms with Crippen LogP contribution in [0, 0.1) is 6.92 Å². The van der Waals surface area contributed by atoms with Gasteiger partial charge in [0.05, 0.1) is 24.1 Å². The van der Waals surface area contributed by atoms with Crippen molar-refractivity contribution in [2.45, 2.75) is 13.5 Å². The van der Waals surface area contributed by atoms with E-state index in [-0.39, 0.29) is 5.56 Å². The number of ether oxygens (including phenoxy) is 1. The fourth-order valence-corrected chi connectivity index (χ4v) is 2.42. The topological polar surface area (TPSA) is 58.2 Å². The van der Waals surface area contributed by atoms with Crippen molar-refractivity contribution < 1.29 is 4.74 Å². The predicted octanol–water partition coefficient (Wildman–Crippen LogP) is 1.06. The molecule has 0 spiro atoms. The number of morpholine rings is 1. The molecule has 100 valence electrons. The Morgan fingerprint density at radius 3 is 2.95 bits per heavy atom. The third kappa shape index (κ3) is 2.67. The fourth-order valence-electron chi connectivity index (χ4n) is 2.42. The highest BCUT2D eigenvalue weighted by molar-refractivity contribution is 5.78. The lowest BCUT2D eigenvalue weighted by molar-refractivity contribution is 0.0342. The lowest BCUT2D eigenvalue weighted by Crippen LogP contribution is -2.35. The second-order valence-electron chi connectivity index (χ2n) is 4.89. The maximum atomic E-state index is 11.8. The molecule has 1 saturated heterocycles. The van der Waals surface area contributed by atoms with Gasteiger partial charge in [-0.25, -0.2) is 4.98 Å². The van der Waals surface area contributed by atoms with Gasteiger partial charge in [0, 0.05) is 19.6 Å². The number of rotatable bonds is 2. The molecule has 3 rings (SSSR count). The molecule has 1 aromatic carbocycles. The summed E-state index contributed by atoms with van der Waals surface area (Å²) in [5.41, 5.74) is 1.89. The van der Waals surface area contributed by atoms with Crippen LogP contribution < -0.4 is 5.56 Å². The van der Waals surface area contributed by atoms with Gasteiger partial charge in [-0.05, 0) is 24.6 Å². The van der Waals surface area contributed by atoms with Crippen LogP contribution in [0.2, 0.25) is 0 Å². The molecule has 0 radical (unpaired) electrons. The van der Waals surface area contributed by atoms with Crippen LogP contribution in [0.3, 0.4) is 0 Å². The highest BCUT2D eigenvalue weighted by atomic mass is 16.5. The molecule has 0 atom stereocenters. The Bertz CT molecular complexity index is 645. The SMILES string of the molecule is Cc1nc2cc(CN3CCOCC3)ccc2c(=O)[nH]1. The molecule has 1 N–H and O–H groups in total. The Hall–Kier alpha value is -1.72. The first-order valence-electron chi connectivity index (χ1n) is 6.52. The quantitative estimate of drug-likeness (QED) is 0.876. The molecule has 1 aliphatic heterocycles. The number of hydrogen-bond donors (Lipinski definition) is 1. The van der Waals surface area contributed by atoms with Gasteiger partial charge < -0.3 is 9.72 Å². The highest BCUT2D eigenvalue weighted by Crippen LogP contribution is 2.13. The van der Waals surface area contributed by atoms with Crippen molar-refractivity contribution in [3.63, 3.8) is 0 Å². The van der Waals surface area contributed by atoms with Gasteiger partial charge in [-0.2, -0.15) is 0 Å². The van der Waals surface area contributed by atoms with Crippen molar-refractivity contribution in [1.82, 2.24) is 14.9 Å². The molecule has 0 saturated carbocycles. The van der Waals surface area contributed by atoms with E-state index in [0.29, 0.717) is 11.2 Å². The first kappa shape index (κ1) is 12.3. The smallest absolute Gasteiger partial charge is 0.258 e. The maximum absolute atomic E-state index is 11.8. The largest absolute Gasteiger partial charge is 0.379 e. The number of hydrogen-bond acceptors (Lipinski definition) is 4. The van der Waals surface area contributed by atoms with E-state index >= 15 is 0 Å². The summed E-state index contributed by atoms with van der Waals surface area (Å²) < 4.78 is 5.34. The van der Waals surface area contributed by atoms with Crippen LogP contribution in [-0.4, -0.2) is 41.2 Å². The van der Waals surface area contributed by atoms with E-state index in [4.69, 9.17) is 4.74 Å². The van der Waals surface area contributed by atoms with Gasteiger partial charge >= 0.3 is 0 Å². The molecular formula is C14H17N3O2. The number of benzene rings is 1. The van der Waals surface area contributed by atoms with Gasteiger partial charge in [-0.15, -0.1) is 0 Å². The zero-order chi connectivity index (χ0) is 13.2. The summed E-state index contributed by atoms with van der Waals surface area (Å²) in [4.78, 5) is 21.2. The average Bonchev–Trinajstić information content (AvgIpc) is 2.39. The number of nitrogens with one attached hydrogen (secondary N) is 1. The van der Waals surface area contributed by atoms with Crippen LogP contribution in [0.5, 0.6) is 0 Å². The number of H-pyrrole nitrogens is 1. The van der Waals surface area contributed by atoms with E-state index < -0.39 is 0 Å². The normalized spacial score (nSPS) is 16.9. The minimum atomic E-state index is -0.0691. The summed E-state index contributed by atoms with van der Waals surface area (Å²) in [6.45, 7) is 6.19. The molecule has 0 amide bonds. The van der Waals surface area contributed by atoms with Crippen LogP contribution in [0.1, 0.15) is 11.4 Å². The van der Waals surface area contributed by atoms with E-state index in [0.717, 1.165) is 38.4 Å². The van der Waals surface area contributed by atoms with Crippen molar-refractivity contribution in [1.29, 1.82) is 0 Å². The lowest BCUT2D eigenvalue weighted by atomic mass is 10.1. The molecule has 0 aliphatic carbocycles. The molecule has 0 unspecified atom stereocenters. The van der Waals surface area contributed by atoms with E-state index in [2.05, 4.69) is 14.9 Å². The molecular weight excluding hydrogens is 242 g/mol. The first-order chi connectivity index (χ1) is 9.22. The third-order valence-corrected chi connectivity index (χ3v) is 3.40. The Kier molecular flexibility index (Phi) is 3.31. The second-order valence-corrected chi connectivity index (χ2v) is 4.89. The lowest BCUT2D eigenvalue weighted by Gasteiger charge is -2.26. The van der Waals surface area contributed by atoms with Crippen LogP contribution >= 0.6 is 0 Å². The van der Waals surface area contributed by atoms with Gasteiger partial charge in [0.1, 0.15) is 5.82 Å². The van der Waals surface area contributed by atoms with Crippen LogP contribution in [0.4, 0.5) is 0 Å². The molecule has 1 aliphatic rings. The zero-order valence-corrected chi connectivity index (χ0v) is 11.0. The number of aromatic nitrogens is 2. The number of fused-ring (bicyclic) bond motifs is 1. The van der Waals surface area contributed by atoms with E-state index in [1.807, 2.05) is 18.2 Å². The molecule has 1 fully saturated rings. The molecule has 5 nitrogen and oxygen atoms in total. The van der Waals surface area contributed by atoms with Gasteiger partial charge in [0.15, 0.2) is 0 Å². The maximum Gasteiger partial charge on any atom is 0.258 e. The van der Waals surface area contributed by atoms with Crippen molar-refractivity contribution in [3.05, 3.63) is 39.9 Å². The summed E-state index contributed by atoms with van der Waals surface area (Å²) in [5.74, 6) is 0.654. The fraction of sp³-hybridized carbons (Fsp3) is 0.429. The van der Waals surface area contributed by atoms with Gasteiger partial charge in [0.2, 0.25) is 0 Å². The van der Waals surface area contributed by atoms with Crippen LogP contribution in [0.25, 0.3) is 10.9 Å². The van der Waals surface area contributed by atoms with Crippen LogP contribution in [0.15, 0.2) is 23.0 Å². The molecule has 2 heterocycles. The van der Waals surface area contributed by atoms with E-state index in [1.54, 1.807) is 6.92 Å². The second kappa shape index (κ2) is 5.11. The molecule has 0 bridgehead atoms. The van der Waals surface area contributed by atoms with E-state index in [9.17, 15) is 4.79 Å². The Labute approximate surface area is 111 Å². The summed E-state index contributed by atoms with van der Waals surface area (Å²) in [5, 5.41) is 0.649. The Morgan fingerprint density at radius 2 is 2.16 bits per heavy atom. The number of nitrogens with zero attached hydrogens (tertiary/aromatic N) is 2. The standard InChI is InChI=1S/C14H17N3O2/c1-10-15-13-8-11(2-3-12(13)14(18)16-10)9-17-4-6-19-7-5-17/h2-3,8H,4-7,9H2,1H3,(H,15,16,18). The van der Waals surface area contributed by atoms with Gasteiger partial charge in [-0.3, -0.25) is 9.69 Å². The van der Waals surface area contributed by atoms with E-state index in [1.165, 1.54) is 5.56 Å². The molecule has 5 heteroatoms. The zero-order valence-electron chi connectivity index (χ0n) is 11.0. The summed E-state index contributed by atoms with van der Waals surface area (Å²) in [6, 6.07) is 5.87. The highest BCUT2D eigenvalue weighted by Gasteiger charge is 2.11. The van der Waals surface area contributed by atoms with Crippen molar-refractivity contribution in [2.75, 3.05) is 26.3 Å². The monoisotopic (exact) mass is 259 g/mol.